The van der Waals surface area contributed by atoms with E-state index in [-0.39, 0.29) is 5.91 Å². The lowest BCUT2D eigenvalue weighted by molar-refractivity contribution is 0.101. The monoisotopic (exact) mass is 429 g/mol. The number of rotatable bonds is 5. The molecule has 1 N–H and O–H groups in total. The van der Waals surface area contributed by atoms with Crippen molar-refractivity contribution < 1.29 is 19.0 Å². The molecule has 4 aromatic rings. The zero-order valence-electron chi connectivity index (χ0n) is 17.2. The average Bonchev–Trinajstić information content (AvgIpc) is 3.26. The summed E-state index contributed by atoms with van der Waals surface area (Å²) < 4.78 is 18.8. The average molecular weight is 429 g/mol. The van der Waals surface area contributed by atoms with Crippen LogP contribution >= 0.6 is 0 Å². The molecule has 0 atom stereocenters. The van der Waals surface area contributed by atoms with E-state index in [4.69, 9.17) is 14.2 Å². The molecular weight excluding hydrogens is 410 g/mol. The molecule has 0 saturated heterocycles. The maximum absolute atomic E-state index is 12.7. The molecule has 0 bridgehead atoms. The second-order valence-electron chi connectivity index (χ2n) is 6.97. The van der Waals surface area contributed by atoms with Crippen molar-refractivity contribution in [1.29, 1.82) is 0 Å². The van der Waals surface area contributed by atoms with Gasteiger partial charge in [-0.1, -0.05) is 6.07 Å². The largest absolute Gasteiger partial charge is 0.486 e. The van der Waals surface area contributed by atoms with E-state index in [9.17, 15) is 4.79 Å². The van der Waals surface area contributed by atoms with Crippen LogP contribution in [0.15, 0.2) is 67.3 Å². The lowest BCUT2D eigenvalue weighted by Gasteiger charge is -2.20. The van der Waals surface area contributed by atoms with Crippen molar-refractivity contribution in [2.24, 2.45) is 0 Å². The predicted octanol–water partition coefficient (Wildman–Crippen LogP) is 3.79. The van der Waals surface area contributed by atoms with Gasteiger partial charge in [0.2, 0.25) is 5.88 Å². The van der Waals surface area contributed by atoms with E-state index in [1.165, 1.54) is 6.33 Å². The highest BCUT2D eigenvalue weighted by Gasteiger charge is 2.20. The summed E-state index contributed by atoms with van der Waals surface area (Å²) in [5, 5.41) is 2.87. The third kappa shape index (κ3) is 3.95. The molecule has 0 fully saturated rings. The number of nitrogens with zero attached hydrogens (tertiary/aromatic N) is 4. The number of nitrogens with one attached hydrogen (secondary N) is 1. The summed E-state index contributed by atoms with van der Waals surface area (Å²) >= 11 is 0. The van der Waals surface area contributed by atoms with E-state index in [2.05, 4.69) is 20.3 Å². The number of carbonyl (C=O) groups is 1. The SMILES string of the molecule is Cc1nccn1-c1cc(Oc2ccc(NC(=O)c3cccc4c3OCCO4)cc2)ncn1. The number of benzene rings is 2. The van der Waals surface area contributed by atoms with Gasteiger partial charge in [-0.15, -0.1) is 0 Å². The molecule has 3 heterocycles. The van der Waals surface area contributed by atoms with Gasteiger partial charge in [0.25, 0.3) is 5.91 Å². The van der Waals surface area contributed by atoms with E-state index in [0.717, 1.165) is 5.82 Å². The normalized spacial score (nSPS) is 12.3. The summed E-state index contributed by atoms with van der Waals surface area (Å²) in [6.07, 6.45) is 4.96. The lowest BCUT2D eigenvalue weighted by Crippen LogP contribution is -2.20. The second kappa shape index (κ2) is 8.38. The van der Waals surface area contributed by atoms with Crippen LogP contribution in [0.1, 0.15) is 16.2 Å². The number of carbonyl (C=O) groups excluding carboxylic acids is 1. The van der Waals surface area contributed by atoms with Crippen molar-refractivity contribution in [1.82, 2.24) is 19.5 Å². The van der Waals surface area contributed by atoms with Gasteiger partial charge < -0.3 is 19.5 Å². The Labute approximate surface area is 183 Å². The minimum atomic E-state index is -0.280. The van der Waals surface area contributed by atoms with Crippen LogP contribution < -0.4 is 19.5 Å². The van der Waals surface area contributed by atoms with Crippen LogP contribution in [0.4, 0.5) is 5.69 Å². The molecule has 1 aliphatic rings. The molecule has 32 heavy (non-hydrogen) atoms. The fraction of sp³-hybridized carbons (Fsp3) is 0.130. The topological polar surface area (TPSA) is 100 Å². The number of para-hydroxylation sites is 1. The van der Waals surface area contributed by atoms with Crippen LogP contribution in [0.2, 0.25) is 0 Å². The summed E-state index contributed by atoms with van der Waals surface area (Å²) in [5.74, 6) is 3.19. The Hall–Kier alpha value is -4.40. The summed E-state index contributed by atoms with van der Waals surface area (Å²) in [7, 11) is 0. The maximum atomic E-state index is 12.7. The first-order chi connectivity index (χ1) is 15.7. The van der Waals surface area contributed by atoms with Crippen molar-refractivity contribution in [3.63, 3.8) is 0 Å². The fourth-order valence-corrected chi connectivity index (χ4v) is 3.32. The molecule has 1 aliphatic heterocycles. The first-order valence-corrected chi connectivity index (χ1v) is 9.97. The van der Waals surface area contributed by atoms with Crippen LogP contribution in [-0.2, 0) is 0 Å². The Morgan fingerprint density at radius 1 is 1.06 bits per heavy atom. The number of aryl methyl sites for hydroxylation is 1. The molecular formula is C23H19N5O4. The highest BCUT2D eigenvalue weighted by molar-refractivity contribution is 6.06. The molecule has 9 heteroatoms. The molecule has 2 aromatic carbocycles. The van der Waals surface area contributed by atoms with Crippen LogP contribution in [0.25, 0.3) is 5.82 Å². The first kappa shape index (κ1) is 19.6. The molecule has 5 rings (SSSR count). The zero-order chi connectivity index (χ0) is 21.9. The van der Waals surface area contributed by atoms with E-state index in [1.54, 1.807) is 54.7 Å². The van der Waals surface area contributed by atoms with Crippen molar-refractivity contribution in [3.05, 3.63) is 78.6 Å². The van der Waals surface area contributed by atoms with Crippen molar-refractivity contribution in [2.45, 2.75) is 6.92 Å². The molecule has 2 aromatic heterocycles. The van der Waals surface area contributed by atoms with Gasteiger partial charge in [0.15, 0.2) is 11.5 Å². The quantitative estimate of drug-likeness (QED) is 0.515. The minimum Gasteiger partial charge on any atom is -0.486 e. The highest BCUT2D eigenvalue weighted by Crippen LogP contribution is 2.34. The summed E-state index contributed by atoms with van der Waals surface area (Å²) in [5.41, 5.74) is 1.04. The summed E-state index contributed by atoms with van der Waals surface area (Å²) in [6, 6.07) is 14.0. The molecule has 160 valence electrons. The molecule has 0 saturated carbocycles. The van der Waals surface area contributed by atoms with Crippen molar-refractivity contribution in [2.75, 3.05) is 18.5 Å². The number of aromatic nitrogens is 4. The number of ether oxygens (including phenoxy) is 3. The third-order valence-electron chi connectivity index (χ3n) is 4.85. The number of hydrogen-bond donors (Lipinski definition) is 1. The molecule has 0 aliphatic carbocycles. The molecule has 0 unspecified atom stereocenters. The Morgan fingerprint density at radius 3 is 2.72 bits per heavy atom. The standard InChI is InChI=1S/C23H19N5O4/c1-15-24-9-10-28(15)20-13-21(26-14-25-20)32-17-7-5-16(6-8-17)27-23(29)18-3-2-4-19-22(18)31-12-11-30-19/h2-10,13-14H,11-12H2,1H3,(H,27,29). The Morgan fingerprint density at radius 2 is 1.91 bits per heavy atom. The van der Waals surface area contributed by atoms with Gasteiger partial charge in [0, 0.05) is 24.1 Å². The Bertz CT molecular complexity index is 1270. The van der Waals surface area contributed by atoms with Crippen molar-refractivity contribution in [3.8, 4) is 28.9 Å². The lowest BCUT2D eigenvalue weighted by atomic mass is 10.1. The van der Waals surface area contributed by atoms with E-state index in [1.807, 2.05) is 17.7 Å². The molecule has 1 amide bonds. The number of amides is 1. The van der Waals surface area contributed by atoms with Crippen LogP contribution in [-0.4, -0.2) is 38.6 Å². The smallest absolute Gasteiger partial charge is 0.259 e. The number of imidazole rings is 1. The number of hydrogen-bond acceptors (Lipinski definition) is 7. The van der Waals surface area contributed by atoms with Crippen LogP contribution in [0.5, 0.6) is 23.1 Å². The summed E-state index contributed by atoms with van der Waals surface area (Å²) in [6.45, 7) is 2.77. The van der Waals surface area contributed by atoms with Gasteiger partial charge in [-0.25, -0.2) is 15.0 Å². The van der Waals surface area contributed by atoms with E-state index < -0.39 is 0 Å². The van der Waals surface area contributed by atoms with Crippen LogP contribution in [0, 0.1) is 6.92 Å². The van der Waals surface area contributed by atoms with Crippen molar-refractivity contribution >= 4 is 11.6 Å². The van der Waals surface area contributed by atoms with Gasteiger partial charge in [0.1, 0.15) is 36.9 Å². The highest BCUT2D eigenvalue weighted by atomic mass is 16.6. The van der Waals surface area contributed by atoms with Crippen LogP contribution in [0.3, 0.4) is 0 Å². The van der Waals surface area contributed by atoms with Gasteiger partial charge >= 0.3 is 0 Å². The number of anilines is 1. The zero-order valence-corrected chi connectivity index (χ0v) is 17.2. The molecule has 0 radical (unpaired) electrons. The van der Waals surface area contributed by atoms with E-state index >= 15 is 0 Å². The minimum absolute atomic E-state index is 0.280. The second-order valence-corrected chi connectivity index (χ2v) is 6.97. The Kier molecular flexibility index (Phi) is 5.12. The molecule has 0 spiro atoms. The first-order valence-electron chi connectivity index (χ1n) is 9.97. The van der Waals surface area contributed by atoms with Gasteiger partial charge in [-0.2, -0.15) is 0 Å². The van der Waals surface area contributed by atoms with Gasteiger partial charge in [0.05, 0.1) is 5.56 Å². The fourth-order valence-electron chi connectivity index (χ4n) is 3.32. The van der Waals surface area contributed by atoms with E-state index in [0.29, 0.717) is 53.4 Å². The third-order valence-corrected chi connectivity index (χ3v) is 4.85. The Balaban J connectivity index is 1.28. The summed E-state index contributed by atoms with van der Waals surface area (Å²) in [4.78, 5) is 25.4. The maximum Gasteiger partial charge on any atom is 0.259 e. The van der Waals surface area contributed by atoms with Gasteiger partial charge in [-0.3, -0.25) is 9.36 Å². The molecule has 9 nitrogen and oxygen atoms in total. The predicted molar refractivity (Wildman–Crippen MR) is 116 cm³/mol. The number of fused-ring (bicyclic) bond motifs is 1. The van der Waals surface area contributed by atoms with Gasteiger partial charge in [-0.05, 0) is 43.3 Å².